The zero-order valence-corrected chi connectivity index (χ0v) is 19.1. The van der Waals surface area contributed by atoms with Crippen molar-refractivity contribution in [2.45, 2.75) is 32.7 Å². The Bertz CT molecular complexity index is 1250. The van der Waals surface area contributed by atoms with Crippen LogP contribution >= 0.6 is 0 Å². The van der Waals surface area contributed by atoms with Gasteiger partial charge >= 0.3 is 0 Å². The van der Waals surface area contributed by atoms with Crippen molar-refractivity contribution in [1.29, 1.82) is 0 Å². The molecular formula is C27H26N2O4. The van der Waals surface area contributed by atoms with Crippen LogP contribution in [0.3, 0.4) is 0 Å². The van der Waals surface area contributed by atoms with Crippen LogP contribution in [-0.4, -0.2) is 28.9 Å². The van der Waals surface area contributed by atoms with Gasteiger partial charge in [-0.05, 0) is 65.9 Å². The van der Waals surface area contributed by atoms with E-state index in [0.29, 0.717) is 22.6 Å². The Morgan fingerprint density at radius 3 is 2.52 bits per heavy atom. The minimum Gasteiger partial charge on any atom is -0.507 e. The van der Waals surface area contributed by atoms with E-state index in [1.807, 2.05) is 39.0 Å². The molecule has 168 valence electrons. The Morgan fingerprint density at radius 1 is 1.09 bits per heavy atom. The number of aryl methyl sites for hydroxylation is 1. The van der Waals surface area contributed by atoms with E-state index in [-0.39, 0.29) is 17.3 Å². The van der Waals surface area contributed by atoms with E-state index in [4.69, 9.17) is 4.74 Å². The number of rotatable bonds is 5. The first-order valence-corrected chi connectivity index (χ1v) is 10.8. The maximum Gasteiger partial charge on any atom is 0.300 e. The number of aliphatic hydroxyl groups is 1. The Morgan fingerprint density at radius 2 is 1.88 bits per heavy atom. The van der Waals surface area contributed by atoms with Gasteiger partial charge in [0, 0.05) is 23.6 Å². The number of aliphatic hydroxyl groups excluding tert-OH is 1. The van der Waals surface area contributed by atoms with Gasteiger partial charge in [0.25, 0.3) is 11.7 Å². The van der Waals surface area contributed by atoms with E-state index in [1.54, 1.807) is 55.9 Å². The number of aromatic nitrogens is 1. The first-order chi connectivity index (χ1) is 15.8. The van der Waals surface area contributed by atoms with Gasteiger partial charge in [0.2, 0.25) is 0 Å². The monoisotopic (exact) mass is 442 g/mol. The number of amides is 1. The molecule has 2 heterocycles. The molecule has 6 nitrogen and oxygen atoms in total. The highest BCUT2D eigenvalue weighted by Gasteiger charge is 2.47. The van der Waals surface area contributed by atoms with Crippen LogP contribution < -0.4 is 9.64 Å². The van der Waals surface area contributed by atoms with Crippen LogP contribution in [0.1, 0.15) is 48.1 Å². The summed E-state index contributed by atoms with van der Waals surface area (Å²) in [5.74, 6) is -0.803. The third-order valence-electron chi connectivity index (χ3n) is 5.85. The number of nitrogens with zero attached hydrogens (tertiary/aromatic N) is 2. The molecular weight excluding hydrogens is 416 g/mol. The number of ether oxygens (including phenoxy) is 1. The van der Waals surface area contributed by atoms with Crippen molar-refractivity contribution < 1.29 is 19.4 Å². The van der Waals surface area contributed by atoms with Crippen molar-refractivity contribution in [2.75, 3.05) is 12.0 Å². The molecule has 6 heteroatoms. The molecule has 2 aromatic carbocycles. The number of methoxy groups -OCH3 is 1. The molecule has 1 unspecified atom stereocenters. The summed E-state index contributed by atoms with van der Waals surface area (Å²) in [5.41, 5.74) is 3.56. The highest BCUT2D eigenvalue weighted by atomic mass is 16.5. The van der Waals surface area contributed by atoms with Crippen molar-refractivity contribution >= 4 is 23.1 Å². The maximum atomic E-state index is 13.3. The molecule has 1 atom stereocenters. The number of anilines is 1. The van der Waals surface area contributed by atoms with E-state index in [1.165, 1.54) is 4.90 Å². The lowest BCUT2D eigenvalue weighted by Gasteiger charge is -2.25. The Hall–Kier alpha value is -3.93. The van der Waals surface area contributed by atoms with Crippen LogP contribution in [0.5, 0.6) is 5.75 Å². The van der Waals surface area contributed by atoms with Crippen LogP contribution in [-0.2, 0) is 9.59 Å². The van der Waals surface area contributed by atoms with Crippen LogP contribution in [0.15, 0.2) is 72.6 Å². The molecule has 0 bridgehead atoms. The lowest BCUT2D eigenvalue weighted by atomic mass is 9.93. The van der Waals surface area contributed by atoms with Gasteiger partial charge in [-0.1, -0.05) is 32.0 Å². The molecule has 1 amide bonds. The molecule has 0 aliphatic carbocycles. The third-order valence-corrected chi connectivity index (χ3v) is 5.85. The molecule has 1 aliphatic rings. The molecule has 1 aromatic heterocycles. The molecule has 0 spiro atoms. The van der Waals surface area contributed by atoms with Crippen molar-refractivity contribution in [1.82, 2.24) is 4.98 Å². The number of carbonyl (C=O) groups excluding carboxylic acids is 2. The molecule has 4 rings (SSSR count). The lowest BCUT2D eigenvalue weighted by Crippen LogP contribution is -2.29. The van der Waals surface area contributed by atoms with Crippen LogP contribution in [0.4, 0.5) is 5.69 Å². The first kappa shape index (κ1) is 22.3. The van der Waals surface area contributed by atoms with Gasteiger partial charge in [0.15, 0.2) is 0 Å². The van der Waals surface area contributed by atoms with Gasteiger partial charge in [-0.3, -0.25) is 19.5 Å². The summed E-state index contributed by atoms with van der Waals surface area (Å²) in [7, 11) is 1.59. The number of benzene rings is 2. The second-order valence-corrected chi connectivity index (χ2v) is 8.41. The minimum atomic E-state index is -0.801. The molecule has 1 aliphatic heterocycles. The average molecular weight is 443 g/mol. The SMILES string of the molecule is COc1ccc(/C(O)=C2/C(=O)C(=O)N(c3cccc(C)c3)C2c2cccnc2)cc1C(C)C. The van der Waals surface area contributed by atoms with E-state index in [2.05, 4.69) is 4.98 Å². The molecule has 33 heavy (non-hydrogen) atoms. The smallest absolute Gasteiger partial charge is 0.300 e. The summed E-state index contributed by atoms with van der Waals surface area (Å²) in [5, 5.41) is 11.3. The summed E-state index contributed by atoms with van der Waals surface area (Å²) in [6, 6.07) is 15.4. The number of hydrogen-bond donors (Lipinski definition) is 1. The molecule has 0 radical (unpaired) electrons. The summed E-state index contributed by atoms with van der Waals surface area (Å²) < 4.78 is 5.45. The largest absolute Gasteiger partial charge is 0.507 e. The molecule has 1 saturated heterocycles. The molecule has 3 aromatic rings. The van der Waals surface area contributed by atoms with Crippen molar-refractivity contribution in [3.63, 3.8) is 0 Å². The quantitative estimate of drug-likeness (QED) is 0.336. The van der Waals surface area contributed by atoms with Gasteiger partial charge in [-0.25, -0.2) is 0 Å². The Labute approximate surface area is 193 Å². The number of carbonyl (C=O) groups is 2. The van der Waals surface area contributed by atoms with Gasteiger partial charge in [0.05, 0.1) is 18.7 Å². The highest BCUT2D eigenvalue weighted by molar-refractivity contribution is 6.51. The van der Waals surface area contributed by atoms with Crippen molar-refractivity contribution in [2.24, 2.45) is 0 Å². The fourth-order valence-electron chi connectivity index (χ4n) is 4.22. The van der Waals surface area contributed by atoms with E-state index >= 15 is 0 Å². The topological polar surface area (TPSA) is 79.7 Å². The summed E-state index contributed by atoms with van der Waals surface area (Å²) in [6.07, 6.45) is 3.24. The minimum absolute atomic E-state index is 0.0365. The fraction of sp³-hybridized carbons (Fsp3) is 0.222. The van der Waals surface area contributed by atoms with E-state index in [0.717, 1.165) is 11.1 Å². The number of Topliss-reactive ketones (excluding diaryl/α,β-unsaturated/α-hetero) is 1. The van der Waals surface area contributed by atoms with Gasteiger partial charge in [-0.2, -0.15) is 0 Å². The normalized spacial score (nSPS) is 17.6. The Balaban J connectivity index is 1.94. The van der Waals surface area contributed by atoms with Gasteiger partial charge < -0.3 is 9.84 Å². The predicted molar refractivity (Wildman–Crippen MR) is 127 cm³/mol. The average Bonchev–Trinajstić information content (AvgIpc) is 3.09. The number of ketones is 1. The number of pyridine rings is 1. The standard InChI is InChI=1S/C27H26N2O4/c1-16(2)21-14-18(10-11-22(21)33-4)25(30)23-24(19-8-6-12-28-15-19)29(27(32)26(23)31)20-9-5-7-17(3)13-20/h5-16,24,30H,1-4H3/b25-23-. The third kappa shape index (κ3) is 4.00. The fourth-order valence-corrected chi connectivity index (χ4v) is 4.22. The second kappa shape index (κ2) is 8.90. The molecule has 1 fully saturated rings. The zero-order valence-electron chi connectivity index (χ0n) is 19.1. The maximum absolute atomic E-state index is 13.3. The Kier molecular flexibility index (Phi) is 6.01. The number of hydrogen-bond acceptors (Lipinski definition) is 5. The van der Waals surface area contributed by atoms with E-state index in [9.17, 15) is 14.7 Å². The van der Waals surface area contributed by atoms with Crippen molar-refractivity contribution in [3.8, 4) is 5.75 Å². The van der Waals surface area contributed by atoms with Crippen LogP contribution in [0, 0.1) is 6.92 Å². The van der Waals surface area contributed by atoms with Gasteiger partial charge in [0.1, 0.15) is 11.5 Å². The summed E-state index contributed by atoms with van der Waals surface area (Å²) >= 11 is 0. The van der Waals surface area contributed by atoms with E-state index < -0.39 is 17.7 Å². The van der Waals surface area contributed by atoms with Gasteiger partial charge in [-0.15, -0.1) is 0 Å². The lowest BCUT2D eigenvalue weighted by molar-refractivity contribution is -0.132. The molecule has 1 N–H and O–H groups in total. The highest BCUT2D eigenvalue weighted by Crippen LogP contribution is 2.42. The van der Waals surface area contributed by atoms with Crippen molar-refractivity contribution in [3.05, 3.63) is 94.8 Å². The first-order valence-electron chi connectivity index (χ1n) is 10.8. The van der Waals surface area contributed by atoms with Crippen LogP contribution in [0.2, 0.25) is 0 Å². The summed E-state index contributed by atoms with van der Waals surface area (Å²) in [6.45, 7) is 5.96. The summed E-state index contributed by atoms with van der Waals surface area (Å²) in [4.78, 5) is 32.1. The predicted octanol–water partition coefficient (Wildman–Crippen LogP) is 5.15. The van der Waals surface area contributed by atoms with Crippen LogP contribution in [0.25, 0.3) is 5.76 Å². The second-order valence-electron chi connectivity index (χ2n) is 8.41. The zero-order chi connectivity index (χ0) is 23.7. The molecule has 0 saturated carbocycles.